The highest BCUT2D eigenvalue weighted by atomic mass is 32.2. The predicted octanol–water partition coefficient (Wildman–Crippen LogP) is -0.102. The molecule has 1 saturated heterocycles. The third kappa shape index (κ3) is 2.15. The molecule has 6 nitrogen and oxygen atoms in total. The molecule has 11 heavy (non-hydrogen) atoms. The van der Waals surface area contributed by atoms with E-state index in [0.29, 0.717) is 12.0 Å². The van der Waals surface area contributed by atoms with Crippen LogP contribution in [0.1, 0.15) is 6.42 Å². The van der Waals surface area contributed by atoms with Crippen LogP contribution in [0.3, 0.4) is 0 Å². The molecule has 7 heteroatoms. The minimum absolute atomic E-state index is 0.0626. The maximum atomic E-state index is 10.6. The van der Waals surface area contributed by atoms with Crippen LogP contribution >= 0.6 is 12.0 Å². The van der Waals surface area contributed by atoms with Crippen molar-refractivity contribution < 1.29 is 29.0 Å². The zero-order valence-electron chi connectivity index (χ0n) is 5.18. The monoisotopic (exact) mass is 180 g/mol. The van der Waals surface area contributed by atoms with Gasteiger partial charge in [0.25, 0.3) is 0 Å². The van der Waals surface area contributed by atoms with E-state index < -0.39 is 17.2 Å². The average Bonchev–Trinajstić information content (AvgIpc) is 2.26. The van der Waals surface area contributed by atoms with Crippen molar-refractivity contribution in [3.63, 3.8) is 0 Å². The van der Waals surface area contributed by atoms with Crippen molar-refractivity contribution in [2.24, 2.45) is 0 Å². The van der Waals surface area contributed by atoms with Crippen LogP contribution in [-0.2, 0) is 23.7 Å². The number of hydrogen-bond donors (Lipinski definition) is 1. The molecule has 1 atom stereocenters. The molecule has 62 valence electrons. The molecular weight excluding hydrogens is 176 g/mol. The number of esters is 2. The normalized spacial score (nSPS) is 23.9. The molecule has 1 N–H and O–H groups in total. The summed E-state index contributed by atoms with van der Waals surface area (Å²) in [5, 5.41) is 10.2. The van der Waals surface area contributed by atoms with E-state index in [4.69, 9.17) is 5.26 Å². The number of hydrogen-bond acceptors (Lipinski definition) is 7. The minimum Gasteiger partial charge on any atom is -0.392 e. The van der Waals surface area contributed by atoms with Crippen LogP contribution in [0.2, 0.25) is 0 Å². The van der Waals surface area contributed by atoms with Gasteiger partial charge in [-0.05, 0) is 0 Å². The molecule has 1 aliphatic heterocycles. The quantitative estimate of drug-likeness (QED) is 0.213. The Morgan fingerprint density at radius 3 is 2.82 bits per heavy atom. The Morgan fingerprint density at radius 1 is 1.64 bits per heavy atom. The third-order valence-corrected chi connectivity index (χ3v) is 1.75. The summed E-state index contributed by atoms with van der Waals surface area (Å²) >= 11 is 0.528. The molecule has 1 fully saturated rings. The van der Waals surface area contributed by atoms with Gasteiger partial charge in [0.15, 0.2) is 0 Å². The van der Waals surface area contributed by atoms with Crippen molar-refractivity contribution in [3.8, 4) is 0 Å². The van der Waals surface area contributed by atoms with Crippen LogP contribution in [0.25, 0.3) is 0 Å². The Kier molecular flexibility index (Phi) is 2.83. The molecule has 0 aromatic carbocycles. The van der Waals surface area contributed by atoms with Crippen molar-refractivity contribution >= 4 is 24.0 Å². The van der Waals surface area contributed by atoms with Gasteiger partial charge in [-0.1, -0.05) is 5.04 Å². The second kappa shape index (κ2) is 3.67. The highest BCUT2D eigenvalue weighted by molar-refractivity contribution is 7.96. The zero-order chi connectivity index (χ0) is 8.27. The van der Waals surface area contributed by atoms with Crippen LogP contribution in [0, 0.1) is 0 Å². The number of rotatable bonds is 3. The number of ether oxygens (including phenoxy) is 1. The predicted molar refractivity (Wildman–Crippen MR) is 31.9 cm³/mol. The van der Waals surface area contributed by atoms with Crippen LogP contribution in [0.15, 0.2) is 0 Å². The Bertz CT molecular complexity index is 179. The molecule has 0 radical (unpaired) electrons. The molecule has 0 saturated carbocycles. The fourth-order valence-corrected chi connectivity index (χ4v) is 1.05. The largest absolute Gasteiger partial charge is 0.392 e. The number of carbonyl (C=O) groups excluding carboxylic acids is 2. The van der Waals surface area contributed by atoms with E-state index in [-0.39, 0.29) is 6.42 Å². The van der Waals surface area contributed by atoms with Crippen LogP contribution < -0.4 is 0 Å². The summed E-state index contributed by atoms with van der Waals surface area (Å²) < 4.78 is 8.11. The van der Waals surface area contributed by atoms with Gasteiger partial charge in [0, 0.05) is 0 Å². The van der Waals surface area contributed by atoms with Gasteiger partial charge in [0.05, 0.1) is 18.5 Å². The first-order valence-corrected chi connectivity index (χ1v) is 3.42. The molecule has 1 aliphatic rings. The van der Waals surface area contributed by atoms with Gasteiger partial charge in [-0.2, -0.15) is 0 Å². The number of cyclic esters (lactones) is 2. The SMILES string of the molecule is O=C1CC(SOOO)C(=O)O1. The van der Waals surface area contributed by atoms with E-state index in [9.17, 15) is 9.59 Å². The van der Waals surface area contributed by atoms with Crippen LogP contribution in [0.4, 0.5) is 0 Å². The lowest BCUT2D eigenvalue weighted by Crippen LogP contribution is -2.09. The fourth-order valence-electron chi connectivity index (χ4n) is 0.593. The van der Waals surface area contributed by atoms with E-state index in [1.807, 2.05) is 0 Å². The second-order valence-corrected chi connectivity index (χ2v) is 2.62. The van der Waals surface area contributed by atoms with E-state index in [2.05, 4.69) is 14.1 Å². The van der Waals surface area contributed by atoms with Crippen molar-refractivity contribution in [2.45, 2.75) is 11.7 Å². The molecular formula is C4H4O6S. The van der Waals surface area contributed by atoms with Crippen molar-refractivity contribution in [2.75, 3.05) is 0 Å². The first-order chi connectivity index (χ1) is 5.24. The van der Waals surface area contributed by atoms with Gasteiger partial charge in [0.1, 0.15) is 5.25 Å². The van der Waals surface area contributed by atoms with E-state index in [0.717, 1.165) is 0 Å². The molecule has 1 unspecified atom stereocenters. The van der Waals surface area contributed by atoms with E-state index in [1.54, 1.807) is 0 Å². The summed E-state index contributed by atoms with van der Waals surface area (Å²) in [6.45, 7) is 0. The Balaban J connectivity index is 2.34. The highest BCUT2D eigenvalue weighted by Crippen LogP contribution is 2.23. The van der Waals surface area contributed by atoms with Crippen molar-refractivity contribution in [3.05, 3.63) is 0 Å². The first kappa shape index (κ1) is 8.47. The smallest absolute Gasteiger partial charge is 0.329 e. The summed E-state index contributed by atoms with van der Waals surface area (Å²) in [6, 6.07) is 0. The van der Waals surface area contributed by atoms with Crippen molar-refractivity contribution in [1.29, 1.82) is 0 Å². The molecule has 1 rings (SSSR count). The lowest BCUT2D eigenvalue weighted by molar-refractivity contribution is -0.432. The lowest BCUT2D eigenvalue weighted by Gasteiger charge is -1.97. The Hall–Kier alpha value is -0.630. The first-order valence-electron chi connectivity index (χ1n) is 2.62. The van der Waals surface area contributed by atoms with Crippen molar-refractivity contribution in [1.82, 2.24) is 0 Å². The standard InChI is InChI=1S/C4H4O6S/c5-3-1-2(4(6)8-3)11-10-9-7/h2,7H,1H2. The minimum atomic E-state index is -0.741. The highest BCUT2D eigenvalue weighted by Gasteiger charge is 2.35. The average molecular weight is 180 g/mol. The van der Waals surface area contributed by atoms with Gasteiger partial charge in [-0.15, -0.1) is 4.33 Å². The zero-order valence-corrected chi connectivity index (χ0v) is 6.00. The number of carbonyl (C=O) groups is 2. The molecule has 0 aliphatic carbocycles. The Labute approximate surface area is 65.5 Å². The summed E-state index contributed by atoms with van der Waals surface area (Å²) in [4.78, 5) is 21.0. The van der Waals surface area contributed by atoms with Gasteiger partial charge in [0.2, 0.25) is 0 Å². The maximum Gasteiger partial charge on any atom is 0.329 e. The van der Waals surface area contributed by atoms with E-state index >= 15 is 0 Å². The lowest BCUT2D eigenvalue weighted by atomic mass is 10.4. The molecule has 0 aromatic rings. The van der Waals surface area contributed by atoms with E-state index in [1.165, 1.54) is 0 Å². The summed E-state index contributed by atoms with van der Waals surface area (Å²) in [5.74, 6) is -1.29. The van der Waals surface area contributed by atoms with Gasteiger partial charge >= 0.3 is 11.9 Å². The maximum absolute atomic E-state index is 10.6. The van der Waals surface area contributed by atoms with Gasteiger partial charge in [-0.25, -0.2) is 5.26 Å². The molecule has 0 bridgehead atoms. The fraction of sp³-hybridized carbons (Fsp3) is 0.500. The second-order valence-electron chi connectivity index (χ2n) is 1.72. The topological polar surface area (TPSA) is 82.1 Å². The molecule has 0 amide bonds. The molecule has 1 heterocycles. The van der Waals surface area contributed by atoms with Crippen LogP contribution in [-0.4, -0.2) is 22.4 Å². The molecule has 0 spiro atoms. The van der Waals surface area contributed by atoms with Gasteiger partial charge in [-0.3, -0.25) is 9.59 Å². The van der Waals surface area contributed by atoms with Crippen LogP contribution in [0.5, 0.6) is 0 Å². The summed E-state index contributed by atoms with van der Waals surface area (Å²) in [7, 11) is 0. The van der Waals surface area contributed by atoms with Gasteiger partial charge < -0.3 is 4.74 Å². The third-order valence-electron chi connectivity index (χ3n) is 1.02. The summed E-state index contributed by atoms with van der Waals surface area (Å²) in [5.41, 5.74) is 0. The summed E-state index contributed by atoms with van der Waals surface area (Å²) in [6.07, 6.45) is -0.0626. The Morgan fingerprint density at radius 2 is 2.36 bits per heavy atom. The molecule has 0 aromatic heterocycles.